The number of carbonyl (C=O) groups excluding carboxylic acids is 2. The van der Waals surface area contributed by atoms with E-state index in [1.165, 1.54) is 4.90 Å². The molecule has 2 bridgehead atoms. The van der Waals surface area contributed by atoms with E-state index in [0.717, 1.165) is 12.8 Å². The van der Waals surface area contributed by atoms with Gasteiger partial charge in [0.2, 0.25) is 5.91 Å². The van der Waals surface area contributed by atoms with E-state index < -0.39 is 6.04 Å². The van der Waals surface area contributed by atoms with E-state index in [1.54, 1.807) is 51.2 Å². The summed E-state index contributed by atoms with van der Waals surface area (Å²) in [6, 6.07) is 6.30. The van der Waals surface area contributed by atoms with Crippen LogP contribution in [0.4, 0.5) is 0 Å². The van der Waals surface area contributed by atoms with E-state index in [9.17, 15) is 14.9 Å². The fraction of sp³-hybridized carbons (Fsp3) is 0.591. The predicted molar refractivity (Wildman–Crippen MR) is 109 cm³/mol. The van der Waals surface area contributed by atoms with Gasteiger partial charge in [0.05, 0.1) is 23.3 Å². The largest absolute Gasteiger partial charge is 0.489 e. The van der Waals surface area contributed by atoms with Crippen molar-refractivity contribution in [2.75, 3.05) is 34.4 Å². The molecular formula is C22H29N3O5. The Morgan fingerprint density at radius 2 is 1.97 bits per heavy atom. The lowest BCUT2D eigenvalue weighted by Crippen LogP contribution is -2.48. The van der Waals surface area contributed by atoms with Gasteiger partial charge in [-0.25, -0.2) is 0 Å². The Kier molecular flexibility index (Phi) is 6.95. The molecule has 0 unspecified atom stereocenters. The summed E-state index contributed by atoms with van der Waals surface area (Å²) in [5, 5.41) is 9.55. The molecule has 2 heterocycles. The standard InChI is InChI=1S/C22H29N3O5/c1-14-21(26)24(2)11-10-16-8-9-18(28-4)19(30-16)13-29-20-15(12-23)6-5-7-17(20)22(27)25(14)3/h5-7,14,16,18-19H,8-11,13H2,1-4H3/t14-,16-,18+,19-/m1/s1. The van der Waals surface area contributed by atoms with E-state index in [4.69, 9.17) is 14.2 Å². The van der Waals surface area contributed by atoms with Gasteiger partial charge in [-0.3, -0.25) is 9.59 Å². The first-order valence-electron chi connectivity index (χ1n) is 10.2. The van der Waals surface area contributed by atoms with Crippen LogP contribution in [0.3, 0.4) is 0 Å². The molecule has 8 heteroatoms. The number of hydrogen-bond acceptors (Lipinski definition) is 6. The molecule has 0 saturated carbocycles. The second-order valence-corrected chi connectivity index (χ2v) is 7.89. The Bertz CT molecular complexity index is 837. The zero-order valence-corrected chi connectivity index (χ0v) is 18.0. The molecule has 8 nitrogen and oxygen atoms in total. The SMILES string of the molecule is CO[C@H]1CC[C@@H]2CCN(C)C(=O)[C@@H](C)N(C)C(=O)c3cccc(C#N)c3OC[C@H]1O2. The number of fused-ring (bicyclic) bond motifs is 3. The molecule has 0 radical (unpaired) electrons. The van der Waals surface area contributed by atoms with Gasteiger partial charge in [0.15, 0.2) is 0 Å². The third-order valence-corrected chi connectivity index (χ3v) is 6.04. The Balaban J connectivity index is 2.00. The third-order valence-electron chi connectivity index (χ3n) is 6.04. The zero-order chi connectivity index (χ0) is 21.8. The number of benzene rings is 1. The van der Waals surface area contributed by atoms with E-state index in [2.05, 4.69) is 6.07 Å². The van der Waals surface area contributed by atoms with Crippen molar-refractivity contribution in [1.29, 1.82) is 5.26 Å². The Morgan fingerprint density at radius 1 is 1.20 bits per heavy atom. The lowest BCUT2D eigenvalue weighted by molar-refractivity contribution is -0.146. The minimum absolute atomic E-state index is 0.0106. The molecule has 0 N–H and O–H groups in total. The lowest BCUT2D eigenvalue weighted by Gasteiger charge is -2.37. The Hall–Kier alpha value is -2.63. The molecule has 0 aliphatic carbocycles. The molecule has 1 fully saturated rings. The number of methoxy groups -OCH3 is 1. The van der Waals surface area contributed by atoms with Gasteiger partial charge in [0, 0.05) is 27.7 Å². The van der Waals surface area contributed by atoms with Crippen LogP contribution in [-0.2, 0) is 14.3 Å². The first-order valence-corrected chi connectivity index (χ1v) is 10.2. The van der Waals surface area contributed by atoms with E-state index in [-0.39, 0.29) is 53.6 Å². The minimum Gasteiger partial charge on any atom is -0.489 e. The highest BCUT2D eigenvalue weighted by atomic mass is 16.6. The van der Waals surface area contributed by atoms with Crippen LogP contribution in [-0.4, -0.2) is 80.3 Å². The first kappa shape index (κ1) is 22.1. The molecule has 4 atom stereocenters. The first-order chi connectivity index (χ1) is 14.4. The molecule has 1 aromatic rings. The molecule has 3 rings (SSSR count). The summed E-state index contributed by atoms with van der Waals surface area (Å²) >= 11 is 0. The smallest absolute Gasteiger partial charge is 0.258 e. The van der Waals surface area contributed by atoms with Gasteiger partial charge in [0.1, 0.15) is 30.6 Å². The van der Waals surface area contributed by atoms with Crippen molar-refractivity contribution in [1.82, 2.24) is 9.80 Å². The summed E-state index contributed by atoms with van der Waals surface area (Å²) < 4.78 is 17.8. The number of ether oxygens (including phenoxy) is 3. The molecule has 30 heavy (non-hydrogen) atoms. The second kappa shape index (κ2) is 9.45. The summed E-state index contributed by atoms with van der Waals surface area (Å²) in [6.07, 6.45) is 1.87. The van der Waals surface area contributed by atoms with Crippen LogP contribution < -0.4 is 4.74 Å². The van der Waals surface area contributed by atoms with Crippen molar-refractivity contribution in [2.24, 2.45) is 0 Å². The third kappa shape index (κ3) is 4.42. The van der Waals surface area contributed by atoms with Crippen LogP contribution in [0.2, 0.25) is 0 Å². The predicted octanol–water partition coefficient (Wildman–Crippen LogP) is 1.82. The number of rotatable bonds is 1. The van der Waals surface area contributed by atoms with Crippen LogP contribution in [0.5, 0.6) is 5.75 Å². The summed E-state index contributed by atoms with van der Waals surface area (Å²) in [7, 11) is 4.97. The second-order valence-electron chi connectivity index (χ2n) is 7.89. The van der Waals surface area contributed by atoms with Crippen molar-refractivity contribution in [3.63, 3.8) is 0 Å². The average molecular weight is 415 g/mol. The lowest BCUT2D eigenvalue weighted by atomic mass is 9.99. The number of nitrogens with zero attached hydrogens (tertiary/aromatic N) is 3. The van der Waals surface area contributed by atoms with Crippen molar-refractivity contribution in [2.45, 2.75) is 50.5 Å². The quantitative estimate of drug-likeness (QED) is 0.695. The molecule has 2 aliphatic rings. The number of para-hydroxylation sites is 1. The number of carbonyl (C=O) groups is 2. The molecule has 2 amide bonds. The molecule has 1 saturated heterocycles. The van der Waals surface area contributed by atoms with Crippen LogP contribution in [0.25, 0.3) is 0 Å². The maximum Gasteiger partial charge on any atom is 0.258 e. The van der Waals surface area contributed by atoms with Gasteiger partial charge in [-0.1, -0.05) is 6.07 Å². The van der Waals surface area contributed by atoms with E-state index >= 15 is 0 Å². The Labute approximate surface area is 177 Å². The van der Waals surface area contributed by atoms with E-state index in [1.807, 2.05) is 0 Å². The molecule has 2 aliphatic heterocycles. The van der Waals surface area contributed by atoms with Crippen molar-refractivity contribution in [3.05, 3.63) is 29.3 Å². The van der Waals surface area contributed by atoms with Crippen LogP contribution >= 0.6 is 0 Å². The number of likely N-dealkylation sites (N-methyl/N-ethyl adjacent to an activating group) is 2. The molecule has 1 aromatic carbocycles. The van der Waals surface area contributed by atoms with Crippen molar-refractivity contribution in [3.8, 4) is 11.8 Å². The van der Waals surface area contributed by atoms with Gasteiger partial charge in [-0.15, -0.1) is 0 Å². The van der Waals surface area contributed by atoms with Gasteiger partial charge in [-0.2, -0.15) is 5.26 Å². The summed E-state index contributed by atoms with van der Waals surface area (Å²) in [6.45, 7) is 2.41. The normalized spacial score (nSPS) is 28.2. The Morgan fingerprint density at radius 3 is 2.67 bits per heavy atom. The fourth-order valence-corrected chi connectivity index (χ4v) is 3.98. The monoisotopic (exact) mass is 415 g/mol. The zero-order valence-electron chi connectivity index (χ0n) is 18.0. The summed E-state index contributed by atoms with van der Waals surface area (Å²) in [4.78, 5) is 29.1. The van der Waals surface area contributed by atoms with Gasteiger partial charge in [-0.05, 0) is 38.3 Å². The summed E-state index contributed by atoms with van der Waals surface area (Å²) in [5.74, 6) is -0.314. The van der Waals surface area contributed by atoms with Crippen LogP contribution in [0.1, 0.15) is 42.1 Å². The summed E-state index contributed by atoms with van der Waals surface area (Å²) in [5.41, 5.74) is 0.510. The molecular weight excluding hydrogens is 386 g/mol. The van der Waals surface area contributed by atoms with Gasteiger partial charge >= 0.3 is 0 Å². The topological polar surface area (TPSA) is 92.1 Å². The average Bonchev–Trinajstić information content (AvgIpc) is 2.78. The molecule has 0 spiro atoms. The van der Waals surface area contributed by atoms with Crippen molar-refractivity contribution >= 4 is 11.8 Å². The maximum atomic E-state index is 13.2. The van der Waals surface area contributed by atoms with Crippen LogP contribution in [0.15, 0.2) is 18.2 Å². The van der Waals surface area contributed by atoms with Crippen LogP contribution in [0, 0.1) is 11.3 Å². The van der Waals surface area contributed by atoms with E-state index in [0.29, 0.717) is 13.0 Å². The van der Waals surface area contributed by atoms with Gasteiger partial charge < -0.3 is 24.0 Å². The fourth-order valence-electron chi connectivity index (χ4n) is 3.98. The molecule has 0 aromatic heterocycles. The molecule has 162 valence electrons. The maximum absolute atomic E-state index is 13.2. The highest BCUT2D eigenvalue weighted by molar-refractivity contribution is 6.00. The highest BCUT2D eigenvalue weighted by Gasteiger charge is 2.34. The minimum atomic E-state index is -0.651. The number of amides is 2. The van der Waals surface area contributed by atoms with Crippen molar-refractivity contribution < 1.29 is 23.8 Å². The highest BCUT2D eigenvalue weighted by Crippen LogP contribution is 2.29. The van der Waals surface area contributed by atoms with Gasteiger partial charge in [0.25, 0.3) is 5.91 Å². The number of hydrogen-bond donors (Lipinski definition) is 0. The number of nitriles is 1.